The van der Waals surface area contributed by atoms with Gasteiger partial charge < -0.3 is 15.4 Å². The molecule has 2 heterocycles. The number of hydrogen-bond donors (Lipinski definition) is 1. The van der Waals surface area contributed by atoms with Crippen molar-refractivity contribution < 1.29 is 4.74 Å². The largest absolute Gasteiger partial charge is 0.372 e. The highest BCUT2D eigenvalue weighted by Crippen LogP contribution is 2.36. The van der Waals surface area contributed by atoms with E-state index in [2.05, 4.69) is 25.1 Å². The van der Waals surface area contributed by atoms with Crippen LogP contribution in [0.3, 0.4) is 0 Å². The minimum atomic E-state index is 0.115. The first-order valence-corrected chi connectivity index (χ1v) is 6.65. The molecule has 2 rings (SSSR count). The number of ether oxygens (including phenoxy) is 1. The average molecular weight is 242 g/mol. The first-order valence-electron chi connectivity index (χ1n) is 5.84. The van der Waals surface area contributed by atoms with E-state index in [1.165, 1.54) is 15.4 Å². The zero-order chi connectivity index (χ0) is 12.1. The van der Waals surface area contributed by atoms with E-state index in [0.717, 1.165) is 13.0 Å². The van der Waals surface area contributed by atoms with Crippen molar-refractivity contribution in [2.45, 2.75) is 26.4 Å². The van der Waals surface area contributed by atoms with Crippen LogP contribution in [0.15, 0.2) is 6.07 Å². The summed E-state index contributed by atoms with van der Waals surface area (Å²) >= 11 is 1.85. The van der Waals surface area contributed by atoms with Gasteiger partial charge in [-0.3, -0.25) is 0 Å². The van der Waals surface area contributed by atoms with Crippen LogP contribution in [0.4, 0.5) is 5.00 Å². The van der Waals surface area contributed by atoms with E-state index in [4.69, 9.17) is 10.5 Å². The molecule has 4 heteroatoms. The van der Waals surface area contributed by atoms with Crippen LogP contribution in [0.2, 0.25) is 0 Å². The SMILES string of the molecule is CC.CN(C)c1cc2c(s1)CCOC2CN. The summed E-state index contributed by atoms with van der Waals surface area (Å²) in [5.74, 6) is 0. The Balaban J connectivity index is 0.000000606. The molecule has 0 aliphatic carbocycles. The number of fused-ring (bicyclic) bond motifs is 1. The fourth-order valence-corrected chi connectivity index (χ4v) is 2.81. The first kappa shape index (κ1) is 13.5. The smallest absolute Gasteiger partial charge is 0.0958 e. The molecule has 1 aliphatic rings. The van der Waals surface area contributed by atoms with Gasteiger partial charge in [0.2, 0.25) is 0 Å². The molecular weight excluding hydrogens is 220 g/mol. The number of thiophene rings is 1. The van der Waals surface area contributed by atoms with Gasteiger partial charge in [0, 0.05) is 31.9 Å². The lowest BCUT2D eigenvalue weighted by atomic mass is 10.1. The number of hydrogen-bond acceptors (Lipinski definition) is 4. The zero-order valence-corrected chi connectivity index (χ0v) is 11.4. The molecule has 0 saturated carbocycles. The molecule has 0 radical (unpaired) electrons. The van der Waals surface area contributed by atoms with Crippen molar-refractivity contribution in [3.8, 4) is 0 Å². The summed E-state index contributed by atoms with van der Waals surface area (Å²) in [4.78, 5) is 3.58. The van der Waals surface area contributed by atoms with Crippen molar-refractivity contribution in [1.29, 1.82) is 0 Å². The lowest BCUT2D eigenvalue weighted by Crippen LogP contribution is -2.21. The Hall–Kier alpha value is -0.580. The summed E-state index contributed by atoms with van der Waals surface area (Å²) in [5.41, 5.74) is 6.97. The molecule has 2 N–H and O–H groups in total. The van der Waals surface area contributed by atoms with Gasteiger partial charge >= 0.3 is 0 Å². The molecule has 3 nitrogen and oxygen atoms in total. The van der Waals surface area contributed by atoms with Crippen LogP contribution in [-0.4, -0.2) is 27.2 Å². The third-order valence-electron chi connectivity index (χ3n) is 2.48. The summed E-state index contributed by atoms with van der Waals surface area (Å²) in [6.07, 6.45) is 1.15. The Morgan fingerprint density at radius 3 is 2.75 bits per heavy atom. The van der Waals surface area contributed by atoms with Gasteiger partial charge in [-0.2, -0.15) is 0 Å². The van der Waals surface area contributed by atoms with Crippen molar-refractivity contribution in [2.75, 3.05) is 32.1 Å². The van der Waals surface area contributed by atoms with Gasteiger partial charge in [-0.25, -0.2) is 0 Å². The Bertz CT molecular complexity index is 323. The van der Waals surface area contributed by atoms with Crippen molar-refractivity contribution in [1.82, 2.24) is 0 Å². The predicted molar refractivity (Wildman–Crippen MR) is 71.4 cm³/mol. The van der Waals surface area contributed by atoms with Gasteiger partial charge in [-0.1, -0.05) is 13.8 Å². The normalized spacial score (nSPS) is 18.4. The fourth-order valence-electron chi connectivity index (χ4n) is 1.70. The van der Waals surface area contributed by atoms with Gasteiger partial charge in [-0.05, 0) is 11.6 Å². The molecule has 1 aromatic heterocycles. The number of rotatable bonds is 2. The standard InChI is InChI=1S/C10H16N2OS.C2H6/c1-12(2)10-5-7-8(6-11)13-4-3-9(7)14-10;1-2/h5,8H,3-4,6,11H2,1-2H3;1-2H3. The maximum Gasteiger partial charge on any atom is 0.0958 e. The second-order valence-corrected chi connectivity index (χ2v) is 4.82. The van der Waals surface area contributed by atoms with E-state index in [1.807, 2.05) is 25.2 Å². The zero-order valence-electron chi connectivity index (χ0n) is 10.6. The number of anilines is 1. The molecule has 1 unspecified atom stereocenters. The first-order chi connectivity index (χ1) is 7.72. The maximum atomic E-state index is 5.67. The Labute approximate surface area is 102 Å². The second-order valence-electron chi connectivity index (χ2n) is 3.70. The molecule has 0 amide bonds. The van der Waals surface area contributed by atoms with Crippen molar-refractivity contribution in [3.63, 3.8) is 0 Å². The molecule has 0 spiro atoms. The Morgan fingerprint density at radius 1 is 1.50 bits per heavy atom. The molecule has 16 heavy (non-hydrogen) atoms. The molecule has 0 bridgehead atoms. The second kappa shape index (κ2) is 6.23. The Kier molecular flexibility index (Phi) is 5.25. The highest BCUT2D eigenvalue weighted by Gasteiger charge is 2.22. The predicted octanol–water partition coefficient (Wildman–Crippen LogP) is 2.41. The minimum absolute atomic E-state index is 0.115. The van der Waals surface area contributed by atoms with Gasteiger partial charge in [0.1, 0.15) is 0 Å². The van der Waals surface area contributed by atoms with E-state index in [0.29, 0.717) is 6.54 Å². The third-order valence-corrected chi connectivity index (χ3v) is 3.86. The summed E-state index contributed by atoms with van der Waals surface area (Å²) in [7, 11) is 4.13. The van der Waals surface area contributed by atoms with E-state index in [-0.39, 0.29) is 6.10 Å². The van der Waals surface area contributed by atoms with Crippen molar-refractivity contribution in [2.24, 2.45) is 5.73 Å². The molecule has 0 saturated heterocycles. The van der Waals surface area contributed by atoms with Crippen LogP contribution >= 0.6 is 11.3 Å². The third kappa shape index (κ3) is 2.75. The van der Waals surface area contributed by atoms with Crippen LogP contribution in [-0.2, 0) is 11.2 Å². The van der Waals surface area contributed by atoms with Gasteiger partial charge in [0.05, 0.1) is 17.7 Å². The number of nitrogens with zero attached hydrogens (tertiary/aromatic N) is 1. The van der Waals surface area contributed by atoms with Crippen LogP contribution < -0.4 is 10.6 Å². The van der Waals surface area contributed by atoms with E-state index in [1.54, 1.807) is 0 Å². The van der Waals surface area contributed by atoms with Gasteiger partial charge in [0.25, 0.3) is 0 Å². The summed E-state index contributed by atoms with van der Waals surface area (Å²) < 4.78 is 5.61. The summed E-state index contributed by atoms with van der Waals surface area (Å²) in [6.45, 7) is 5.39. The molecule has 0 fully saturated rings. The molecular formula is C12H22N2OS. The fraction of sp³-hybridized carbons (Fsp3) is 0.667. The lowest BCUT2D eigenvalue weighted by molar-refractivity contribution is 0.0498. The van der Waals surface area contributed by atoms with Crippen LogP contribution in [0.5, 0.6) is 0 Å². The maximum absolute atomic E-state index is 5.67. The molecule has 1 aromatic rings. The van der Waals surface area contributed by atoms with Crippen LogP contribution in [0, 0.1) is 0 Å². The number of nitrogens with two attached hydrogens (primary N) is 1. The highest BCUT2D eigenvalue weighted by molar-refractivity contribution is 7.16. The minimum Gasteiger partial charge on any atom is -0.372 e. The summed E-state index contributed by atoms with van der Waals surface area (Å²) in [6, 6.07) is 2.21. The summed E-state index contributed by atoms with van der Waals surface area (Å²) in [5, 5.41) is 1.29. The van der Waals surface area contributed by atoms with Gasteiger partial charge in [-0.15, -0.1) is 11.3 Å². The average Bonchev–Trinajstić information content (AvgIpc) is 2.75. The monoisotopic (exact) mass is 242 g/mol. The highest BCUT2D eigenvalue weighted by atomic mass is 32.1. The van der Waals surface area contributed by atoms with Crippen LogP contribution in [0.1, 0.15) is 30.4 Å². The van der Waals surface area contributed by atoms with Gasteiger partial charge in [0.15, 0.2) is 0 Å². The van der Waals surface area contributed by atoms with E-state index >= 15 is 0 Å². The van der Waals surface area contributed by atoms with Crippen molar-refractivity contribution in [3.05, 3.63) is 16.5 Å². The lowest BCUT2D eigenvalue weighted by Gasteiger charge is -2.21. The Morgan fingerprint density at radius 2 is 2.19 bits per heavy atom. The topological polar surface area (TPSA) is 38.5 Å². The molecule has 92 valence electrons. The quantitative estimate of drug-likeness (QED) is 0.865. The van der Waals surface area contributed by atoms with Crippen LogP contribution in [0.25, 0.3) is 0 Å². The van der Waals surface area contributed by atoms with E-state index in [9.17, 15) is 0 Å². The molecule has 1 aliphatic heterocycles. The molecule has 0 aromatic carbocycles. The molecule has 1 atom stereocenters. The van der Waals surface area contributed by atoms with Crippen molar-refractivity contribution >= 4 is 16.3 Å². The van der Waals surface area contributed by atoms with E-state index < -0.39 is 0 Å².